The monoisotopic (exact) mass is 187 g/mol. The van der Waals surface area contributed by atoms with Crippen molar-refractivity contribution in [1.82, 2.24) is 10.2 Å². The first-order valence-corrected chi connectivity index (χ1v) is 4.25. The third-order valence-corrected chi connectivity index (χ3v) is 2.12. The van der Waals surface area contributed by atoms with E-state index in [1.165, 1.54) is 0 Å². The molecule has 0 saturated heterocycles. The van der Waals surface area contributed by atoms with Crippen molar-refractivity contribution in [2.24, 2.45) is 0 Å². The van der Waals surface area contributed by atoms with Crippen LogP contribution in [0.1, 0.15) is 0 Å². The second-order valence-electron chi connectivity index (χ2n) is 2.97. The second-order valence-corrected chi connectivity index (χ2v) is 2.97. The topological polar surface area (TPSA) is 47.1 Å². The van der Waals surface area contributed by atoms with Crippen LogP contribution in [0.2, 0.25) is 0 Å². The lowest BCUT2D eigenvalue weighted by molar-refractivity contribution is 0.174. The molecule has 0 fully saturated rings. The van der Waals surface area contributed by atoms with Gasteiger partial charge in [-0.2, -0.15) is 5.10 Å². The van der Waals surface area contributed by atoms with Crippen molar-refractivity contribution in [2.45, 2.75) is 0 Å². The first-order chi connectivity index (χ1) is 6.93. The summed E-state index contributed by atoms with van der Waals surface area (Å²) in [5.41, 5.74) is 1.84. The highest BCUT2D eigenvalue weighted by atomic mass is 16.7. The predicted octanol–water partition coefficient (Wildman–Crippen LogP) is 1.61. The molecule has 1 aliphatic heterocycles. The molecule has 69 valence electrons. The van der Waals surface area contributed by atoms with Gasteiger partial charge in [0.25, 0.3) is 0 Å². The normalized spacial score (nSPS) is 13.1. The largest absolute Gasteiger partial charge is 0.454 e. The minimum atomic E-state index is 0.297. The minimum Gasteiger partial charge on any atom is -0.454 e. The van der Waals surface area contributed by atoms with Gasteiger partial charge in [-0.15, -0.1) is 0 Å². The molecule has 2 aromatic rings. The molecule has 0 spiro atoms. The van der Waals surface area contributed by atoms with E-state index in [1.807, 2.05) is 18.2 Å². The predicted molar refractivity (Wildman–Crippen MR) is 49.0 cm³/mol. The lowest BCUT2D eigenvalue weighted by atomic mass is 10.1. The number of hydrogen-bond donors (Lipinski definition) is 1. The molecule has 1 aromatic carbocycles. The fourth-order valence-electron chi connectivity index (χ4n) is 1.43. The van der Waals surface area contributed by atoms with E-state index in [2.05, 4.69) is 16.4 Å². The van der Waals surface area contributed by atoms with Crippen LogP contribution in [0.5, 0.6) is 11.5 Å². The number of fused-ring (bicyclic) bond motifs is 1. The van der Waals surface area contributed by atoms with E-state index < -0.39 is 0 Å². The van der Waals surface area contributed by atoms with Crippen molar-refractivity contribution < 1.29 is 9.47 Å². The number of ether oxygens (including phenoxy) is 2. The summed E-state index contributed by atoms with van der Waals surface area (Å²) in [5.74, 6) is 1.55. The number of benzene rings is 1. The van der Waals surface area contributed by atoms with E-state index in [0.29, 0.717) is 6.79 Å². The molecule has 0 aliphatic carbocycles. The number of aromatic amines is 1. The zero-order chi connectivity index (χ0) is 9.38. The van der Waals surface area contributed by atoms with Crippen molar-refractivity contribution in [3.63, 3.8) is 0 Å². The van der Waals surface area contributed by atoms with Crippen LogP contribution < -0.4 is 9.47 Å². The average Bonchev–Trinajstić information content (AvgIpc) is 2.88. The Labute approximate surface area is 80.5 Å². The Balaban J connectivity index is 2.09. The number of H-pyrrole nitrogens is 1. The molecule has 0 amide bonds. The van der Waals surface area contributed by atoms with Crippen LogP contribution in [0.15, 0.2) is 24.3 Å². The van der Waals surface area contributed by atoms with E-state index in [9.17, 15) is 0 Å². The van der Waals surface area contributed by atoms with E-state index in [-0.39, 0.29) is 0 Å². The van der Waals surface area contributed by atoms with Gasteiger partial charge in [0.2, 0.25) is 6.79 Å². The molecule has 0 atom stereocenters. The van der Waals surface area contributed by atoms with Gasteiger partial charge >= 0.3 is 0 Å². The van der Waals surface area contributed by atoms with Gasteiger partial charge in [-0.25, -0.2) is 0 Å². The highest BCUT2D eigenvalue weighted by Crippen LogP contribution is 2.35. The molecule has 3 rings (SSSR count). The molecule has 14 heavy (non-hydrogen) atoms. The minimum absolute atomic E-state index is 0.297. The first-order valence-electron chi connectivity index (χ1n) is 4.25. The summed E-state index contributed by atoms with van der Waals surface area (Å²) in [6.45, 7) is 0.297. The quantitative estimate of drug-likeness (QED) is 0.737. The fourth-order valence-corrected chi connectivity index (χ4v) is 1.43. The van der Waals surface area contributed by atoms with E-state index in [4.69, 9.17) is 9.47 Å². The average molecular weight is 187 g/mol. The van der Waals surface area contributed by atoms with E-state index >= 15 is 0 Å². The van der Waals surface area contributed by atoms with Crippen LogP contribution >= 0.6 is 0 Å². The highest BCUT2D eigenvalue weighted by Gasteiger charge is 2.14. The maximum absolute atomic E-state index is 5.27. The Hall–Kier alpha value is -1.97. The summed E-state index contributed by atoms with van der Waals surface area (Å²) >= 11 is 0. The van der Waals surface area contributed by atoms with Gasteiger partial charge in [-0.05, 0) is 24.3 Å². The van der Waals surface area contributed by atoms with Crippen LogP contribution in [-0.2, 0) is 0 Å². The molecular formula is C10H7N2O2. The summed E-state index contributed by atoms with van der Waals surface area (Å²) in [7, 11) is 0. The fraction of sp³-hybridized carbons (Fsp3) is 0.100. The SMILES string of the molecule is [c]1cc(-c2ccc3c(c2)OCO3)n[nH]1. The van der Waals surface area contributed by atoms with Crippen molar-refractivity contribution in [1.29, 1.82) is 0 Å². The Bertz CT molecular complexity index is 451. The number of rotatable bonds is 1. The summed E-state index contributed by atoms with van der Waals surface area (Å²) in [4.78, 5) is 0. The summed E-state index contributed by atoms with van der Waals surface area (Å²) in [6, 6.07) is 7.52. The summed E-state index contributed by atoms with van der Waals surface area (Å²) in [6.07, 6.45) is 2.79. The Morgan fingerprint density at radius 3 is 3.07 bits per heavy atom. The van der Waals surface area contributed by atoms with Gasteiger partial charge in [-0.3, -0.25) is 5.10 Å². The maximum Gasteiger partial charge on any atom is 0.231 e. The third kappa shape index (κ3) is 1.04. The van der Waals surface area contributed by atoms with Gasteiger partial charge in [0, 0.05) is 5.56 Å². The molecule has 2 heterocycles. The molecule has 0 unspecified atom stereocenters. The highest BCUT2D eigenvalue weighted by molar-refractivity contribution is 5.63. The number of nitrogens with zero attached hydrogens (tertiary/aromatic N) is 1. The zero-order valence-corrected chi connectivity index (χ0v) is 7.28. The summed E-state index contributed by atoms with van der Waals surface area (Å²) < 4.78 is 10.5. The number of nitrogens with one attached hydrogen (secondary N) is 1. The molecule has 1 aliphatic rings. The molecule has 0 bridgehead atoms. The van der Waals surface area contributed by atoms with Crippen LogP contribution in [-0.4, -0.2) is 17.0 Å². The van der Waals surface area contributed by atoms with Gasteiger partial charge in [0.05, 0.1) is 11.9 Å². The lowest BCUT2D eigenvalue weighted by Gasteiger charge is -1.98. The third-order valence-electron chi connectivity index (χ3n) is 2.12. The maximum atomic E-state index is 5.27. The Morgan fingerprint density at radius 2 is 2.21 bits per heavy atom. The number of aromatic nitrogens is 2. The molecule has 1 radical (unpaired) electrons. The van der Waals surface area contributed by atoms with E-state index in [0.717, 1.165) is 22.8 Å². The zero-order valence-electron chi connectivity index (χ0n) is 7.28. The molecule has 4 heteroatoms. The van der Waals surface area contributed by atoms with Gasteiger partial charge in [0.1, 0.15) is 0 Å². The van der Waals surface area contributed by atoms with Crippen LogP contribution in [0.4, 0.5) is 0 Å². The summed E-state index contributed by atoms with van der Waals surface area (Å²) in [5, 5.41) is 6.68. The van der Waals surface area contributed by atoms with Crippen molar-refractivity contribution in [3.05, 3.63) is 30.5 Å². The van der Waals surface area contributed by atoms with Crippen molar-refractivity contribution in [2.75, 3.05) is 6.79 Å². The van der Waals surface area contributed by atoms with Crippen molar-refractivity contribution in [3.8, 4) is 22.8 Å². The standard InChI is InChI=1S/C10H7N2O2/c1-2-9-10(14-6-13-9)5-7(1)8-3-4-11-12-8/h1-3,5H,6H2,(H,11,12). The molecule has 1 aromatic heterocycles. The Kier molecular flexibility index (Phi) is 1.47. The van der Waals surface area contributed by atoms with Gasteiger partial charge in [0.15, 0.2) is 11.5 Å². The van der Waals surface area contributed by atoms with Crippen LogP contribution in [0.25, 0.3) is 11.3 Å². The van der Waals surface area contributed by atoms with Crippen LogP contribution in [0.3, 0.4) is 0 Å². The first kappa shape index (κ1) is 7.44. The lowest BCUT2D eigenvalue weighted by Crippen LogP contribution is -1.92. The number of hydrogen-bond acceptors (Lipinski definition) is 3. The molecular weight excluding hydrogens is 180 g/mol. The van der Waals surface area contributed by atoms with Gasteiger partial charge in [-0.1, -0.05) is 0 Å². The van der Waals surface area contributed by atoms with Crippen LogP contribution in [0, 0.1) is 6.20 Å². The Morgan fingerprint density at radius 1 is 1.29 bits per heavy atom. The smallest absolute Gasteiger partial charge is 0.231 e. The van der Waals surface area contributed by atoms with Gasteiger partial charge < -0.3 is 9.47 Å². The molecule has 0 saturated carbocycles. The second kappa shape index (κ2) is 2.77. The molecule has 4 nitrogen and oxygen atoms in total. The van der Waals surface area contributed by atoms with Crippen molar-refractivity contribution >= 4 is 0 Å². The van der Waals surface area contributed by atoms with E-state index in [1.54, 1.807) is 6.07 Å². The molecule has 1 N–H and O–H groups in total.